The first-order valence-corrected chi connectivity index (χ1v) is 8.62. The zero-order valence-electron chi connectivity index (χ0n) is 14.4. The molecule has 1 spiro atoms. The number of halogens is 2. The first-order chi connectivity index (χ1) is 12.3. The maximum Gasteiger partial charge on any atom is 0.410 e. The molecule has 2 fully saturated rings. The van der Waals surface area contributed by atoms with E-state index in [1.165, 1.54) is 18.3 Å². The van der Waals surface area contributed by atoms with E-state index in [2.05, 4.69) is 9.97 Å². The average Bonchev–Trinajstić information content (AvgIpc) is 3.36. The van der Waals surface area contributed by atoms with Crippen molar-refractivity contribution in [2.45, 2.75) is 44.3 Å². The number of hydrogen-bond donors (Lipinski definition) is 0. The summed E-state index contributed by atoms with van der Waals surface area (Å²) < 4.78 is 32.6. The summed E-state index contributed by atoms with van der Waals surface area (Å²) in [6, 6.07) is 6.10. The van der Waals surface area contributed by atoms with Gasteiger partial charge in [0.1, 0.15) is 5.60 Å². The highest BCUT2D eigenvalue weighted by atomic mass is 19.3. The van der Waals surface area contributed by atoms with Gasteiger partial charge in [0.15, 0.2) is 0 Å². The molecule has 0 unspecified atom stereocenters. The van der Waals surface area contributed by atoms with E-state index in [-0.39, 0.29) is 17.3 Å². The highest BCUT2D eigenvalue weighted by Crippen LogP contribution is 2.45. The highest BCUT2D eigenvalue weighted by Gasteiger charge is 2.50. The Bertz CT molecular complexity index is 847. The molecule has 1 aliphatic carbocycles. The largest absolute Gasteiger partial charge is 0.443 e. The van der Waals surface area contributed by atoms with Gasteiger partial charge in [0.25, 0.3) is 5.92 Å². The Morgan fingerprint density at radius 1 is 1.27 bits per heavy atom. The van der Waals surface area contributed by atoms with Crippen molar-refractivity contribution in [1.29, 1.82) is 0 Å². The van der Waals surface area contributed by atoms with Crippen molar-refractivity contribution in [2.24, 2.45) is 0 Å². The minimum Gasteiger partial charge on any atom is -0.443 e. The van der Waals surface area contributed by atoms with Crippen molar-refractivity contribution >= 4 is 6.09 Å². The van der Waals surface area contributed by atoms with Crippen molar-refractivity contribution in [3.8, 4) is 11.3 Å². The number of benzene rings is 1. The van der Waals surface area contributed by atoms with Crippen LogP contribution in [0.25, 0.3) is 11.3 Å². The molecule has 5 nitrogen and oxygen atoms in total. The Morgan fingerprint density at radius 2 is 2.08 bits per heavy atom. The average molecular weight is 359 g/mol. The number of rotatable bonds is 4. The third kappa shape index (κ3) is 3.38. The van der Waals surface area contributed by atoms with Crippen LogP contribution in [0.15, 0.2) is 36.7 Å². The number of ether oxygens (including phenoxy) is 1. The van der Waals surface area contributed by atoms with E-state index in [1.54, 1.807) is 23.2 Å². The van der Waals surface area contributed by atoms with E-state index >= 15 is 0 Å². The van der Waals surface area contributed by atoms with Gasteiger partial charge in [-0.2, -0.15) is 0 Å². The van der Waals surface area contributed by atoms with Gasteiger partial charge < -0.3 is 9.64 Å². The molecule has 2 heterocycles. The van der Waals surface area contributed by atoms with E-state index in [1.807, 2.05) is 0 Å². The minimum atomic E-state index is -2.92. The number of alkyl halides is 2. The first-order valence-electron chi connectivity index (χ1n) is 8.62. The van der Waals surface area contributed by atoms with Gasteiger partial charge in [0, 0.05) is 31.0 Å². The lowest BCUT2D eigenvalue weighted by atomic mass is 10.0. The molecule has 2 aromatic rings. The van der Waals surface area contributed by atoms with E-state index in [4.69, 9.17) is 4.74 Å². The summed E-state index contributed by atoms with van der Waals surface area (Å²) in [6.07, 6.45) is 5.51. The smallest absolute Gasteiger partial charge is 0.410 e. The quantitative estimate of drug-likeness (QED) is 0.824. The number of carbonyl (C=O) groups is 1. The zero-order valence-corrected chi connectivity index (χ0v) is 14.4. The van der Waals surface area contributed by atoms with Gasteiger partial charge in [-0.1, -0.05) is 18.2 Å². The second-order valence-corrected chi connectivity index (χ2v) is 7.09. The molecule has 0 atom stereocenters. The third-order valence-corrected chi connectivity index (χ3v) is 4.91. The van der Waals surface area contributed by atoms with Gasteiger partial charge in [0.2, 0.25) is 0 Å². The Balaban J connectivity index is 1.53. The van der Waals surface area contributed by atoms with Crippen LogP contribution < -0.4 is 0 Å². The van der Waals surface area contributed by atoms with E-state index in [0.29, 0.717) is 30.0 Å². The van der Waals surface area contributed by atoms with Crippen molar-refractivity contribution < 1.29 is 18.3 Å². The fourth-order valence-electron chi connectivity index (χ4n) is 3.13. The predicted octanol–water partition coefficient (Wildman–Crippen LogP) is 4.13. The first kappa shape index (κ1) is 16.9. The topological polar surface area (TPSA) is 55.3 Å². The maximum absolute atomic E-state index is 13.6. The minimum absolute atomic E-state index is 0.0726. The molecule has 1 saturated heterocycles. The van der Waals surface area contributed by atoms with Gasteiger partial charge in [-0.15, -0.1) is 0 Å². The van der Waals surface area contributed by atoms with Crippen LogP contribution in [-0.4, -0.2) is 33.1 Å². The molecule has 1 amide bonds. The van der Waals surface area contributed by atoms with Gasteiger partial charge in [-0.25, -0.2) is 18.6 Å². The fourth-order valence-corrected chi connectivity index (χ4v) is 3.13. The number of amides is 1. The lowest BCUT2D eigenvalue weighted by Crippen LogP contribution is -2.42. The molecule has 0 bridgehead atoms. The van der Waals surface area contributed by atoms with Crippen molar-refractivity contribution in [3.05, 3.63) is 47.9 Å². The predicted molar refractivity (Wildman–Crippen MR) is 90.5 cm³/mol. The Morgan fingerprint density at radius 3 is 2.77 bits per heavy atom. The number of nitrogens with zero attached hydrogens (tertiary/aromatic N) is 3. The van der Waals surface area contributed by atoms with Gasteiger partial charge >= 0.3 is 6.09 Å². The molecule has 1 aromatic heterocycles. The standard InChI is InChI=1S/C19H19F2N3O2/c1-18(20,21)14-4-2-3-13(9-14)16-11-22-10-15(23-16)12-24-8-7-19(5-6-19)26-17(24)25/h2-4,9-11H,5-8,12H2,1H3. The molecule has 0 radical (unpaired) electrons. The third-order valence-electron chi connectivity index (χ3n) is 4.91. The van der Waals surface area contributed by atoms with Crippen LogP contribution >= 0.6 is 0 Å². The van der Waals surface area contributed by atoms with Gasteiger partial charge in [-0.05, 0) is 18.9 Å². The molecule has 136 valence electrons. The van der Waals surface area contributed by atoms with Crippen LogP contribution in [0.5, 0.6) is 0 Å². The van der Waals surface area contributed by atoms with Crippen LogP contribution in [0.4, 0.5) is 13.6 Å². The summed E-state index contributed by atoms with van der Waals surface area (Å²) in [5.41, 5.74) is 1.37. The van der Waals surface area contributed by atoms with E-state index in [9.17, 15) is 13.6 Å². The van der Waals surface area contributed by atoms with Crippen molar-refractivity contribution in [3.63, 3.8) is 0 Å². The lowest BCUT2D eigenvalue weighted by molar-refractivity contribution is 0.00829. The van der Waals surface area contributed by atoms with Crippen molar-refractivity contribution in [2.75, 3.05) is 6.54 Å². The van der Waals surface area contributed by atoms with Gasteiger partial charge in [-0.3, -0.25) is 4.98 Å². The zero-order chi connectivity index (χ0) is 18.4. The number of carbonyl (C=O) groups excluding carboxylic acids is 1. The number of hydrogen-bond acceptors (Lipinski definition) is 4. The molecule has 1 aliphatic heterocycles. The summed E-state index contributed by atoms with van der Waals surface area (Å²) in [5.74, 6) is -2.92. The van der Waals surface area contributed by atoms with Crippen LogP contribution in [-0.2, 0) is 17.2 Å². The Hall–Kier alpha value is -2.57. The molecule has 4 rings (SSSR count). The van der Waals surface area contributed by atoms with Gasteiger partial charge in [0.05, 0.1) is 30.3 Å². The SMILES string of the molecule is CC(F)(F)c1cccc(-c2cncc(CN3CCC4(CC4)OC3=O)n2)c1. The molecule has 0 N–H and O–H groups in total. The maximum atomic E-state index is 13.6. The summed E-state index contributed by atoms with van der Waals surface area (Å²) in [5, 5.41) is 0. The summed E-state index contributed by atoms with van der Waals surface area (Å²) in [6.45, 7) is 1.78. The second kappa shape index (κ2) is 6.00. The Labute approximate surface area is 150 Å². The van der Waals surface area contributed by atoms with E-state index in [0.717, 1.165) is 26.2 Å². The summed E-state index contributed by atoms with van der Waals surface area (Å²) in [4.78, 5) is 22.4. The molecule has 1 saturated carbocycles. The molecule has 2 aliphatic rings. The normalized spacial score (nSPS) is 18.7. The van der Waals surface area contributed by atoms with Crippen LogP contribution in [0.1, 0.15) is 37.4 Å². The van der Waals surface area contributed by atoms with Crippen molar-refractivity contribution in [1.82, 2.24) is 14.9 Å². The van der Waals surface area contributed by atoms with Crippen LogP contribution in [0.3, 0.4) is 0 Å². The number of aromatic nitrogens is 2. The second-order valence-electron chi connectivity index (χ2n) is 7.09. The monoisotopic (exact) mass is 359 g/mol. The molecular formula is C19H19F2N3O2. The molecule has 1 aromatic carbocycles. The van der Waals surface area contributed by atoms with Crippen LogP contribution in [0, 0.1) is 0 Å². The highest BCUT2D eigenvalue weighted by molar-refractivity contribution is 5.69. The fraction of sp³-hybridized carbons (Fsp3) is 0.421. The molecule has 26 heavy (non-hydrogen) atoms. The molecular weight excluding hydrogens is 340 g/mol. The molecule has 7 heteroatoms. The summed E-state index contributed by atoms with van der Waals surface area (Å²) >= 11 is 0. The van der Waals surface area contributed by atoms with E-state index < -0.39 is 5.92 Å². The lowest BCUT2D eigenvalue weighted by Gasteiger charge is -2.31. The Kier molecular flexibility index (Phi) is 3.89. The summed E-state index contributed by atoms with van der Waals surface area (Å²) in [7, 11) is 0. The van der Waals surface area contributed by atoms with Crippen LogP contribution in [0.2, 0.25) is 0 Å².